The van der Waals surface area contributed by atoms with Crippen molar-refractivity contribution in [3.63, 3.8) is 0 Å². The minimum absolute atomic E-state index is 0.223. The summed E-state index contributed by atoms with van der Waals surface area (Å²) in [7, 11) is 1.91. The maximum absolute atomic E-state index is 12.8. The van der Waals surface area contributed by atoms with E-state index in [1.165, 1.54) is 18.7 Å². The third kappa shape index (κ3) is 5.14. The quantitative estimate of drug-likeness (QED) is 0.370. The van der Waals surface area contributed by atoms with Crippen molar-refractivity contribution in [1.82, 2.24) is 10.2 Å². The summed E-state index contributed by atoms with van der Waals surface area (Å²) in [6, 6.07) is -1.20. The predicted molar refractivity (Wildman–Crippen MR) is 103 cm³/mol. The van der Waals surface area contributed by atoms with Crippen LogP contribution in [-0.4, -0.2) is 99.1 Å². The molecule has 2 rings (SSSR count). The molecular formula is C18H34N2O6S. The minimum atomic E-state index is -1.42. The highest BCUT2D eigenvalue weighted by molar-refractivity contribution is 7.99. The number of hydrogen-bond donors (Lipinski definition) is 5. The normalized spacial score (nSPS) is 39.9. The molecule has 27 heavy (non-hydrogen) atoms. The fourth-order valence-electron chi connectivity index (χ4n) is 4.13. The van der Waals surface area contributed by atoms with Crippen molar-refractivity contribution in [1.29, 1.82) is 0 Å². The van der Waals surface area contributed by atoms with Crippen molar-refractivity contribution in [2.24, 2.45) is 5.92 Å². The summed E-state index contributed by atoms with van der Waals surface area (Å²) < 4.78 is 5.72. The number of aliphatic hydroxyl groups excluding tert-OH is 4. The molecule has 2 saturated heterocycles. The minimum Gasteiger partial charge on any atom is -0.391 e. The lowest BCUT2D eigenvalue weighted by atomic mass is 9.92. The number of amides is 1. The molecular weight excluding hydrogens is 372 g/mol. The van der Waals surface area contributed by atoms with Gasteiger partial charge in [-0.1, -0.05) is 13.3 Å². The van der Waals surface area contributed by atoms with Crippen molar-refractivity contribution in [3.05, 3.63) is 0 Å². The molecule has 2 aliphatic rings. The molecule has 9 atom stereocenters. The molecule has 0 aromatic heterocycles. The summed E-state index contributed by atoms with van der Waals surface area (Å²) in [4.78, 5) is 14.9. The van der Waals surface area contributed by atoms with Gasteiger partial charge in [0.2, 0.25) is 5.91 Å². The smallest absolute Gasteiger partial charge is 0.237 e. The number of likely N-dealkylation sites (tertiary alicyclic amines) is 1. The first-order chi connectivity index (χ1) is 12.7. The molecule has 0 bridgehead atoms. The average Bonchev–Trinajstić information content (AvgIpc) is 2.99. The highest BCUT2D eigenvalue weighted by atomic mass is 32.2. The second kappa shape index (κ2) is 9.87. The number of nitrogens with one attached hydrogen (secondary N) is 1. The molecule has 0 saturated carbocycles. The zero-order chi connectivity index (χ0) is 20.3. The molecule has 2 fully saturated rings. The van der Waals surface area contributed by atoms with E-state index in [1.54, 1.807) is 6.26 Å². The largest absolute Gasteiger partial charge is 0.391 e. The highest BCUT2D eigenvalue weighted by Crippen LogP contribution is 2.30. The Bertz CT molecular complexity index is 494. The van der Waals surface area contributed by atoms with Gasteiger partial charge in [0.05, 0.1) is 18.2 Å². The Morgan fingerprint density at radius 3 is 2.52 bits per heavy atom. The van der Waals surface area contributed by atoms with Crippen LogP contribution in [-0.2, 0) is 9.53 Å². The summed E-state index contributed by atoms with van der Waals surface area (Å²) in [6.07, 6.45) is -1.50. The molecule has 2 heterocycles. The highest BCUT2D eigenvalue weighted by Gasteiger charge is 2.48. The topological polar surface area (TPSA) is 122 Å². The van der Waals surface area contributed by atoms with Gasteiger partial charge in [-0.15, -0.1) is 11.8 Å². The van der Waals surface area contributed by atoms with Crippen LogP contribution in [0.1, 0.15) is 33.1 Å². The number of carbonyl (C=O) groups is 1. The number of likely N-dealkylation sites (N-methyl/N-ethyl adjacent to an activating group) is 1. The van der Waals surface area contributed by atoms with Crippen LogP contribution < -0.4 is 5.32 Å². The van der Waals surface area contributed by atoms with Gasteiger partial charge in [0.1, 0.15) is 29.9 Å². The van der Waals surface area contributed by atoms with Crippen LogP contribution in [0.2, 0.25) is 0 Å². The molecule has 5 N–H and O–H groups in total. The van der Waals surface area contributed by atoms with E-state index in [9.17, 15) is 25.2 Å². The van der Waals surface area contributed by atoms with Crippen molar-refractivity contribution in [3.8, 4) is 0 Å². The van der Waals surface area contributed by atoms with Gasteiger partial charge in [-0.3, -0.25) is 9.69 Å². The van der Waals surface area contributed by atoms with Crippen LogP contribution in [0.3, 0.4) is 0 Å². The number of ether oxygens (including phenoxy) is 1. The van der Waals surface area contributed by atoms with Gasteiger partial charge < -0.3 is 30.5 Å². The van der Waals surface area contributed by atoms with E-state index in [2.05, 4.69) is 12.2 Å². The number of carbonyl (C=O) groups excluding carboxylic acids is 1. The van der Waals surface area contributed by atoms with Gasteiger partial charge in [0.15, 0.2) is 0 Å². The van der Waals surface area contributed by atoms with Gasteiger partial charge in [0.25, 0.3) is 0 Å². The van der Waals surface area contributed by atoms with E-state index >= 15 is 0 Å². The van der Waals surface area contributed by atoms with Crippen LogP contribution in [0.25, 0.3) is 0 Å². The summed E-state index contributed by atoms with van der Waals surface area (Å²) in [5, 5.41) is 43.5. The Labute approximate surface area is 165 Å². The first-order valence-electron chi connectivity index (χ1n) is 9.62. The number of nitrogens with zero attached hydrogens (tertiary/aromatic N) is 1. The van der Waals surface area contributed by atoms with Crippen molar-refractivity contribution < 1.29 is 30.0 Å². The molecule has 0 aromatic rings. The van der Waals surface area contributed by atoms with Gasteiger partial charge in [-0.25, -0.2) is 0 Å². The van der Waals surface area contributed by atoms with Gasteiger partial charge in [-0.05, 0) is 39.0 Å². The SMILES string of the molecule is CCC[C@@H]1CC(C(=O)N[C@H](C(C)O)[C@H]2OC(SC)[C@H](O)C(O)C2O)N(C)C1. The van der Waals surface area contributed by atoms with Crippen LogP contribution >= 0.6 is 11.8 Å². The molecule has 1 amide bonds. The molecule has 0 aliphatic carbocycles. The predicted octanol–water partition coefficient (Wildman–Crippen LogP) is -0.857. The Kier molecular flexibility index (Phi) is 8.35. The Morgan fingerprint density at radius 1 is 1.30 bits per heavy atom. The second-order valence-corrected chi connectivity index (χ2v) is 8.73. The standard InChI is InChI=1S/C18H34N2O6S/c1-5-6-10-7-11(20(3)8-10)17(25)19-12(9(2)21)16-14(23)13(22)15(24)18(26-16)27-4/h9-16,18,21-24H,5-8H2,1-4H3,(H,19,25)/t9?,10-,11?,12-,13?,14?,15-,16-,18?/m1/s1. The van der Waals surface area contributed by atoms with Crippen molar-refractivity contribution in [2.45, 2.75) is 81.1 Å². The lowest BCUT2D eigenvalue weighted by Crippen LogP contribution is -2.65. The molecule has 2 aliphatic heterocycles. The third-order valence-electron chi connectivity index (χ3n) is 5.66. The van der Waals surface area contributed by atoms with Crippen molar-refractivity contribution >= 4 is 17.7 Å². The average molecular weight is 407 g/mol. The third-order valence-corrected chi connectivity index (χ3v) is 6.51. The first kappa shape index (κ1) is 22.9. The Balaban J connectivity index is 2.09. The van der Waals surface area contributed by atoms with Crippen LogP contribution in [0.4, 0.5) is 0 Å². The lowest BCUT2D eigenvalue weighted by molar-refractivity contribution is -0.211. The Hall–Kier alpha value is -0.420. The molecule has 8 nitrogen and oxygen atoms in total. The van der Waals surface area contributed by atoms with Crippen LogP contribution in [0.15, 0.2) is 0 Å². The Morgan fingerprint density at radius 2 is 1.96 bits per heavy atom. The van der Waals surface area contributed by atoms with Gasteiger partial charge in [-0.2, -0.15) is 0 Å². The zero-order valence-electron chi connectivity index (χ0n) is 16.5. The van der Waals surface area contributed by atoms with Crippen LogP contribution in [0, 0.1) is 5.92 Å². The fourth-order valence-corrected chi connectivity index (χ4v) is 4.81. The molecule has 9 heteroatoms. The lowest BCUT2D eigenvalue weighted by Gasteiger charge is -2.44. The summed E-state index contributed by atoms with van der Waals surface area (Å²) >= 11 is 1.20. The maximum atomic E-state index is 12.8. The van der Waals surface area contributed by atoms with Gasteiger partial charge >= 0.3 is 0 Å². The van der Waals surface area contributed by atoms with E-state index in [0.717, 1.165) is 25.8 Å². The summed E-state index contributed by atoms with van der Waals surface area (Å²) in [5.74, 6) is 0.245. The van der Waals surface area contributed by atoms with Gasteiger partial charge in [0, 0.05) is 6.54 Å². The number of hydrogen-bond acceptors (Lipinski definition) is 8. The van der Waals surface area contributed by atoms with E-state index in [4.69, 9.17) is 4.74 Å². The molecule has 5 unspecified atom stereocenters. The maximum Gasteiger partial charge on any atom is 0.237 e. The van der Waals surface area contributed by atoms with Crippen molar-refractivity contribution in [2.75, 3.05) is 19.8 Å². The molecule has 158 valence electrons. The van der Waals surface area contributed by atoms with E-state index in [-0.39, 0.29) is 11.9 Å². The number of rotatable bonds is 7. The summed E-state index contributed by atoms with van der Waals surface area (Å²) in [5.41, 5.74) is -0.755. The first-order valence-corrected chi connectivity index (χ1v) is 10.9. The number of thioether (sulfide) groups is 1. The summed E-state index contributed by atoms with van der Waals surface area (Å²) in [6.45, 7) is 4.48. The van der Waals surface area contributed by atoms with Crippen LogP contribution in [0.5, 0.6) is 0 Å². The monoisotopic (exact) mass is 406 g/mol. The fraction of sp³-hybridized carbons (Fsp3) is 0.944. The molecule has 0 aromatic carbocycles. The zero-order valence-corrected chi connectivity index (χ0v) is 17.3. The van der Waals surface area contributed by atoms with E-state index in [0.29, 0.717) is 5.92 Å². The second-order valence-electron chi connectivity index (χ2n) is 7.80. The number of aliphatic hydroxyl groups is 4. The van der Waals surface area contributed by atoms with E-state index < -0.39 is 42.0 Å². The molecule has 0 spiro atoms. The molecule has 0 radical (unpaired) electrons. The van der Waals surface area contributed by atoms with E-state index in [1.807, 2.05) is 11.9 Å².